The zero-order valence-electron chi connectivity index (χ0n) is 14.9. The highest BCUT2D eigenvalue weighted by molar-refractivity contribution is 5.79. The Hall–Kier alpha value is -2.44. The number of halogens is 2. The minimum absolute atomic E-state index is 0.0549. The van der Waals surface area contributed by atoms with E-state index in [0.717, 1.165) is 30.6 Å². The average molecular weight is 349 g/mol. The number of aliphatic imine (C=N–C) groups is 1. The van der Waals surface area contributed by atoms with Crippen LogP contribution in [0.5, 0.6) is 0 Å². The molecule has 0 aliphatic rings. The van der Waals surface area contributed by atoms with E-state index in [-0.39, 0.29) is 12.1 Å². The lowest BCUT2D eigenvalue weighted by Crippen LogP contribution is -2.37. The predicted molar refractivity (Wildman–Crippen MR) is 95.1 cm³/mol. The van der Waals surface area contributed by atoms with Gasteiger partial charge in [0.05, 0.1) is 13.1 Å². The maximum absolute atomic E-state index is 13.7. The summed E-state index contributed by atoms with van der Waals surface area (Å²) in [5, 5.41) is 6.28. The largest absolute Gasteiger partial charge is 0.357 e. The summed E-state index contributed by atoms with van der Waals surface area (Å²) in [4.78, 5) is 8.68. The van der Waals surface area contributed by atoms with Crippen molar-refractivity contribution in [2.24, 2.45) is 10.9 Å². The molecular weight excluding hydrogens is 324 g/mol. The summed E-state index contributed by atoms with van der Waals surface area (Å²) in [7, 11) is 0. The number of aromatic nitrogens is 2. The van der Waals surface area contributed by atoms with Crippen molar-refractivity contribution in [3.05, 3.63) is 53.6 Å². The molecule has 0 spiro atoms. The molecule has 2 N–H and O–H groups in total. The molecule has 0 unspecified atom stereocenters. The van der Waals surface area contributed by atoms with Gasteiger partial charge in [0.25, 0.3) is 0 Å². The minimum atomic E-state index is -0.472. The van der Waals surface area contributed by atoms with Crippen molar-refractivity contribution in [1.82, 2.24) is 20.2 Å². The van der Waals surface area contributed by atoms with Crippen molar-refractivity contribution >= 4 is 5.96 Å². The van der Waals surface area contributed by atoms with Crippen LogP contribution in [0, 0.1) is 17.6 Å². The summed E-state index contributed by atoms with van der Waals surface area (Å²) in [6.07, 6.45) is 3.72. The van der Waals surface area contributed by atoms with Crippen LogP contribution in [0.25, 0.3) is 0 Å². The summed E-state index contributed by atoms with van der Waals surface area (Å²) >= 11 is 0. The second kappa shape index (κ2) is 9.15. The summed E-state index contributed by atoms with van der Waals surface area (Å²) < 4.78 is 29.0. The Morgan fingerprint density at radius 1 is 1.28 bits per heavy atom. The van der Waals surface area contributed by atoms with Crippen LogP contribution in [0.2, 0.25) is 0 Å². The van der Waals surface area contributed by atoms with Crippen molar-refractivity contribution < 1.29 is 8.78 Å². The maximum Gasteiger partial charge on any atom is 0.191 e. The molecule has 2 aromatic rings. The zero-order chi connectivity index (χ0) is 18.2. The molecule has 1 aromatic carbocycles. The Kier molecular flexibility index (Phi) is 6.91. The van der Waals surface area contributed by atoms with Gasteiger partial charge in [0, 0.05) is 31.0 Å². The number of hydrogen-bond acceptors (Lipinski definition) is 2. The van der Waals surface area contributed by atoms with Crippen LogP contribution in [-0.2, 0) is 19.6 Å². The van der Waals surface area contributed by atoms with Crippen molar-refractivity contribution in [3.8, 4) is 0 Å². The van der Waals surface area contributed by atoms with E-state index in [4.69, 9.17) is 0 Å². The lowest BCUT2D eigenvalue weighted by molar-refractivity contribution is 0.503. The minimum Gasteiger partial charge on any atom is -0.357 e. The number of hydrogen-bond donors (Lipinski definition) is 2. The topological polar surface area (TPSA) is 54.2 Å². The summed E-state index contributed by atoms with van der Waals surface area (Å²) in [5.41, 5.74) is 0.221. The Bertz CT molecular complexity index is 709. The normalized spacial score (nSPS) is 11.8. The quantitative estimate of drug-likeness (QED) is 0.597. The van der Waals surface area contributed by atoms with E-state index < -0.39 is 11.6 Å². The van der Waals surface area contributed by atoms with Crippen LogP contribution in [0.1, 0.15) is 32.2 Å². The maximum atomic E-state index is 13.7. The molecule has 1 heterocycles. The molecule has 0 aliphatic heterocycles. The van der Waals surface area contributed by atoms with E-state index in [1.165, 1.54) is 0 Å². The smallest absolute Gasteiger partial charge is 0.191 e. The monoisotopic (exact) mass is 349 g/mol. The molecule has 1 aromatic heterocycles. The van der Waals surface area contributed by atoms with E-state index >= 15 is 0 Å². The molecule has 25 heavy (non-hydrogen) atoms. The SMILES string of the molecule is CCNC(=NCc1cc(F)ccc1F)NCc1nccn1CC(C)C. The fourth-order valence-corrected chi connectivity index (χ4v) is 2.40. The van der Waals surface area contributed by atoms with E-state index in [1.54, 1.807) is 6.20 Å². The molecule has 136 valence electrons. The molecule has 0 amide bonds. The van der Waals surface area contributed by atoms with Gasteiger partial charge in [0.2, 0.25) is 0 Å². The van der Waals surface area contributed by atoms with Gasteiger partial charge >= 0.3 is 0 Å². The van der Waals surface area contributed by atoms with Crippen molar-refractivity contribution in [2.45, 2.75) is 40.4 Å². The third-order valence-electron chi connectivity index (χ3n) is 3.54. The molecule has 0 atom stereocenters. The lowest BCUT2D eigenvalue weighted by atomic mass is 10.2. The second-order valence-electron chi connectivity index (χ2n) is 6.17. The van der Waals surface area contributed by atoms with Gasteiger partial charge in [0.1, 0.15) is 17.5 Å². The van der Waals surface area contributed by atoms with Gasteiger partial charge in [-0.05, 0) is 31.0 Å². The zero-order valence-corrected chi connectivity index (χ0v) is 14.9. The number of benzene rings is 1. The Labute approximate surface area is 147 Å². The number of guanidine groups is 1. The lowest BCUT2D eigenvalue weighted by Gasteiger charge is -2.14. The number of imidazole rings is 1. The predicted octanol–water partition coefficient (Wildman–Crippen LogP) is 3.07. The van der Waals surface area contributed by atoms with Gasteiger partial charge in [-0.2, -0.15) is 0 Å². The van der Waals surface area contributed by atoms with E-state index in [1.807, 2.05) is 13.1 Å². The Morgan fingerprint density at radius 2 is 2.08 bits per heavy atom. The molecule has 0 radical (unpaired) electrons. The molecular formula is C18H25F2N5. The average Bonchev–Trinajstić information content (AvgIpc) is 2.99. The van der Waals surface area contributed by atoms with Gasteiger partial charge < -0.3 is 15.2 Å². The van der Waals surface area contributed by atoms with Crippen molar-refractivity contribution in [3.63, 3.8) is 0 Å². The van der Waals surface area contributed by atoms with Crippen LogP contribution in [0.3, 0.4) is 0 Å². The van der Waals surface area contributed by atoms with Crippen LogP contribution < -0.4 is 10.6 Å². The third kappa shape index (κ3) is 5.85. The first-order chi connectivity index (χ1) is 12.0. The van der Waals surface area contributed by atoms with Gasteiger partial charge in [-0.1, -0.05) is 13.8 Å². The highest BCUT2D eigenvalue weighted by atomic mass is 19.1. The molecule has 5 nitrogen and oxygen atoms in total. The first-order valence-corrected chi connectivity index (χ1v) is 8.45. The highest BCUT2D eigenvalue weighted by Gasteiger charge is 2.07. The highest BCUT2D eigenvalue weighted by Crippen LogP contribution is 2.10. The summed E-state index contributed by atoms with van der Waals surface area (Å²) in [6.45, 7) is 8.35. The Morgan fingerprint density at radius 3 is 2.80 bits per heavy atom. The molecule has 0 bridgehead atoms. The van der Waals surface area contributed by atoms with Crippen molar-refractivity contribution in [1.29, 1.82) is 0 Å². The van der Waals surface area contributed by atoms with Crippen LogP contribution in [0.4, 0.5) is 8.78 Å². The first kappa shape index (κ1) is 18.9. The molecule has 0 fully saturated rings. The molecule has 2 rings (SSSR count). The van der Waals surface area contributed by atoms with Gasteiger partial charge in [0.15, 0.2) is 5.96 Å². The van der Waals surface area contributed by atoms with Gasteiger partial charge in [-0.15, -0.1) is 0 Å². The number of nitrogens with one attached hydrogen (secondary N) is 2. The molecule has 0 saturated heterocycles. The fourth-order valence-electron chi connectivity index (χ4n) is 2.40. The number of rotatable bonds is 7. The van der Waals surface area contributed by atoms with Crippen molar-refractivity contribution in [2.75, 3.05) is 6.54 Å². The third-order valence-corrected chi connectivity index (χ3v) is 3.54. The Balaban J connectivity index is 2.03. The van der Waals surface area contributed by atoms with Crippen LogP contribution in [-0.4, -0.2) is 22.1 Å². The molecule has 0 saturated carbocycles. The van der Waals surface area contributed by atoms with Crippen LogP contribution >= 0.6 is 0 Å². The standard InChI is InChI=1S/C18H25F2N5/c1-4-21-18(23-10-14-9-15(19)5-6-16(14)20)24-11-17-22-7-8-25(17)12-13(2)3/h5-9,13H,4,10-12H2,1-3H3,(H2,21,23,24). The molecule has 0 aliphatic carbocycles. The van der Waals surface area contributed by atoms with Crippen LogP contribution in [0.15, 0.2) is 35.6 Å². The van der Waals surface area contributed by atoms with Gasteiger partial charge in [-0.3, -0.25) is 0 Å². The molecule has 7 heteroatoms. The summed E-state index contributed by atoms with van der Waals surface area (Å²) in [6, 6.07) is 3.38. The summed E-state index contributed by atoms with van der Waals surface area (Å²) in [5.74, 6) is 1.01. The van der Waals surface area contributed by atoms with Gasteiger partial charge in [-0.25, -0.2) is 18.8 Å². The van der Waals surface area contributed by atoms with E-state index in [9.17, 15) is 8.78 Å². The second-order valence-corrected chi connectivity index (χ2v) is 6.17. The fraction of sp³-hybridized carbons (Fsp3) is 0.444. The first-order valence-electron chi connectivity index (χ1n) is 8.45. The van der Waals surface area contributed by atoms with E-state index in [0.29, 0.717) is 25.0 Å². The van der Waals surface area contributed by atoms with E-state index in [2.05, 4.69) is 39.0 Å². The number of nitrogens with zero attached hydrogens (tertiary/aromatic N) is 3.